The van der Waals surface area contributed by atoms with E-state index in [0.717, 1.165) is 18.5 Å². The standard InChI is InChI=1S/C17H27N3O/c1-11(2)9-10-14-13(4)18-17(20-16(14)21)19-15-8-6-5-7-12(15)3/h5-8,11,13-14,17-19H,9-10H2,1-4H3,(H,20,21). The van der Waals surface area contributed by atoms with E-state index in [4.69, 9.17) is 0 Å². The molecule has 3 atom stereocenters. The molecule has 1 aromatic rings. The molecule has 0 radical (unpaired) electrons. The van der Waals surface area contributed by atoms with Crippen molar-refractivity contribution in [3.63, 3.8) is 0 Å². The number of para-hydroxylation sites is 1. The van der Waals surface area contributed by atoms with Crippen LogP contribution in [0.1, 0.15) is 39.2 Å². The molecule has 0 bridgehead atoms. The maximum Gasteiger partial charge on any atom is 0.227 e. The molecule has 4 heteroatoms. The minimum Gasteiger partial charge on any atom is -0.353 e. The molecule has 0 aliphatic carbocycles. The molecule has 1 saturated heterocycles. The zero-order chi connectivity index (χ0) is 15.4. The van der Waals surface area contributed by atoms with E-state index in [9.17, 15) is 4.79 Å². The Labute approximate surface area is 127 Å². The minimum atomic E-state index is -0.205. The predicted molar refractivity (Wildman–Crippen MR) is 86.9 cm³/mol. The van der Waals surface area contributed by atoms with E-state index in [2.05, 4.69) is 49.7 Å². The number of rotatable bonds is 5. The van der Waals surface area contributed by atoms with Crippen LogP contribution >= 0.6 is 0 Å². The highest BCUT2D eigenvalue weighted by atomic mass is 16.2. The zero-order valence-corrected chi connectivity index (χ0v) is 13.4. The fourth-order valence-electron chi connectivity index (χ4n) is 2.76. The molecular formula is C17H27N3O. The van der Waals surface area contributed by atoms with Gasteiger partial charge in [0.1, 0.15) is 0 Å². The van der Waals surface area contributed by atoms with Crippen LogP contribution in [0.25, 0.3) is 0 Å². The number of amides is 1. The van der Waals surface area contributed by atoms with Gasteiger partial charge in [-0.15, -0.1) is 0 Å². The molecule has 1 amide bonds. The third-order valence-corrected chi connectivity index (χ3v) is 4.16. The maximum absolute atomic E-state index is 12.3. The number of carbonyl (C=O) groups is 1. The highest BCUT2D eigenvalue weighted by molar-refractivity contribution is 5.80. The van der Waals surface area contributed by atoms with Gasteiger partial charge in [-0.25, -0.2) is 0 Å². The molecule has 1 heterocycles. The van der Waals surface area contributed by atoms with Gasteiger partial charge in [0.2, 0.25) is 5.91 Å². The van der Waals surface area contributed by atoms with Crippen molar-refractivity contribution in [2.75, 3.05) is 5.32 Å². The first kappa shape index (κ1) is 15.8. The highest BCUT2D eigenvalue weighted by Crippen LogP contribution is 2.20. The molecule has 0 aromatic heterocycles. The van der Waals surface area contributed by atoms with Gasteiger partial charge in [0.15, 0.2) is 6.29 Å². The molecular weight excluding hydrogens is 262 g/mol. The average molecular weight is 289 g/mol. The van der Waals surface area contributed by atoms with Crippen molar-refractivity contribution in [1.29, 1.82) is 0 Å². The van der Waals surface area contributed by atoms with Crippen LogP contribution in [0.15, 0.2) is 24.3 Å². The largest absolute Gasteiger partial charge is 0.353 e. The van der Waals surface area contributed by atoms with Crippen molar-refractivity contribution >= 4 is 11.6 Å². The molecule has 3 N–H and O–H groups in total. The lowest BCUT2D eigenvalue weighted by atomic mass is 9.90. The third-order valence-electron chi connectivity index (χ3n) is 4.16. The van der Waals surface area contributed by atoms with Gasteiger partial charge in [-0.1, -0.05) is 38.5 Å². The van der Waals surface area contributed by atoms with Crippen molar-refractivity contribution in [2.45, 2.75) is 52.9 Å². The molecule has 0 saturated carbocycles. The average Bonchev–Trinajstić information content (AvgIpc) is 2.40. The van der Waals surface area contributed by atoms with E-state index in [1.165, 1.54) is 5.56 Å². The number of carbonyl (C=O) groups excluding carboxylic acids is 1. The summed E-state index contributed by atoms with van der Waals surface area (Å²) < 4.78 is 0. The van der Waals surface area contributed by atoms with Gasteiger partial charge < -0.3 is 10.6 Å². The molecule has 4 nitrogen and oxygen atoms in total. The third kappa shape index (κ3) is 4.21. The normalized spacial score (nSPS) is 25.8. The summed E-state index contributed by atoms with van der Waals surface area (Å²) in [5.41, 5.74) is 2.21. The summed E-state index contributed by atoms with van der Waals surface area (Å²) in [6.07, 6.45) is 1.82. The molecule has 2 rings (SSSR count). The fourth-order valence-corrected chi connectivity index (χ4v) is 2.76. The SMILES string of the molecule is Cc1ccccc1NC1NC(=O)C(CCC(C)C)C(C)N1. The quantitative estimate of drug-likeness (QED) is 0.781. The summed E-state index contributed by atoms with van der Waals surface area (Å²) in [5, 5.41) is 9.84. The first-order valence-corrected chi connectivity index (χ1v) is 7.86. The van der Waals surface area contributed by atoms with Crippen molar-refractivity contribution in [1.82, 2.24) is 10.6 Å². The van der Waals surface area contributed by atoms with E-state index in [1.807, 2.05) is 18.2 Å². The number of aryl methyl sites for hydroxylation is 1. The van der Waals surface area contributed by atoms with Crippen LogP contribution < -0.4 is 16.0 Å². The molecule has 1 aliphatic rings. The zero-order valence-electron chi connectivity index (χ0n) is 13.4. The van der Waals surface area contributed by atoms with Crippen LogP contribution in [0.5, 0.6) is 0 Å². The number of hydrogen-bond donors (Lipinski definition) is 3. The van der Waals surface area contributed by atoms with Crippen LogP contribution in [0, 0.1) is 18.8 Å². The summed E-state index contributed by atoms with van der Waals surface area (Å²) in [5.74, 6) is 0.836. The van der Waals surface area contributed by atoms with E-state index in [1.54, 1.807) is 0 Å². The van der Waals surface area contributed by atoms with Crippen molar-refractivity contribution < 1.29 is 4.79 Å². The van der Waals surface area contributed by atoms with Crippen molar-refractivity contribution in [2.24, 2.45) is 11.8 Å². The monoisotopic (exact) mass is 289 g/mol. The lowest BCUT2D eigenvalue weighted by Crippen LogP contribution is -2.63. The van der Waals surface area contributed by atoms with Gasteiger partial charge >= 0.3 is 0 Å². The number of benzene rings is 1. The van der Waals surface area contributed by atoms with Gasteiger partial charge in [-0.05, 0) is 37.8 Å². The Kier molecular flexibility index (Phi) is 5.23. The predicted octanol–water partition coefficient (Wildman–Crippen LogP) is 2.85. The number of hydrogen-bond acceptors (Lipinski definition) is 3. The summed E-state index contributed by atoms with van der Waals surface area (Å²) in [7, 11) is 0. The second-order valence-corrected chi connectivity index (χ2v) is 6.43. The Bertz CT molecular complexity index is 487. The van der Waals surface area contributed by atoms with Crippen LogP contribution in [0.4, 0.5) is 5.69 Å². The van der Waals surface area contributed by atoms with Crippen LogP contribution in [0.2, 0.25) is 0 Å². The van der Waals surface area contributed by atoms with Gasteiger partial charge in [0, 0.05) is 11.7 Å². The summed E-state index contributed by atoms with van der Waals surface area (Å²) >= 11 is 0. The molecule has 1 fully saturated rings. The van der Waals surface area contributed by atoms with Gasteiger partial charge in [-0.3, -0.25) is 10.1 Å². The lowest BCUT2D eigenvalue weighted by molar-refractivity contribution is -0.129. The Balaban J connectivity index is 1.95. The van der Waals surface area contributed by atoms with E-state index >= 15 is 0 Å². The number of nitrogens with one attached hydrogen (secondary N) is 3. The van der Waals surface area contributed by atoms with E-state index < -0.39 is 0 Å². The van der Waals surface area contributed by atoms with Gasteiger partial charge in [0.05, 0.1) is 5.92 Å². The Morgan fingerprint density at radius 2 is 2.00 bits per heavy atom. The summed E-state index contributed by atoms with van der Waals surface area (Å²) in [6.45, 7) is 8.54. The molecule has 1 aromatic carbocycles. The van der Waals surface area contributed by atoms with Crippen LogP contribution in [0.3, 0.4) is 0 Å². The second kappa shape index (κ2) is 6.94. The topological polar surface area (TPSA) is 53.2 Å². The number of anilines is 1. The molecule has 21 heavy (non-hydrogen) atoms. The van der Waals surface area contributed by atoms with Gasteiger partial charge in [-0.2, -0.15) is 0 Å². The maximum atomic E-state index is 12.3. The molecule has 116 valence electrons. The van der Waals surface area contributed by atoms with E-state index in [-0.39, 0.29) is 24.2 Å². The Morgan fingerprint density at radius 1 is 1.29 bits per heavy atom. The van der Waals surface area contributed by atoms with Crippen molar-refractivity contribution in [3.05, 3.63) is 29.8 Å². The van der Waals surface area contributed by atoms with Crippen LogP contribution in [-0.4, -0.2) is 18.2 Å². The van der Waals surface area contributed by atoms with Crippen molar-refractivity contribution in [3.8, 4) is 0 Å². The minimum absolute atomic E-state index is 0.0577. The van der Waals surface area contributed by atoms with Crippen LogP contribution in [-0.2, 0) is 4.79 Å². The molecule has 0 spiro atoms. The van der Waals surface area contributed by atoms with Gasteiger partial charge in [0.25, 0.3) is 0 Å². The summed E-state index contributed by atoms with van der Waals surface area (Å²) in [6, 6.07) is 8.27. The molecule has 1 aliphatic heterocycles. The fraction of sp³-hybridized carbons (Fsp3) is 0.588. The Morgan fingerprint density at radius 3 is 2.62 bits per heavy atom. The molecule has 3 unspecified atom stereocenters. The lowest BCUT2D eigenvalue weighted by Gasteiger charge is -2.36. The summed E-state index contributed by atoms with van der Waals surface area (Å²) in [4.78, 5) is 12.3. The second-order valence-electron chi connectivity index (χ2n) is 6.43. The first-order chi connectivity index (χ1) is 9.97. The first-order valence-electron chi connectivity index (χ1n) is 7.86. The smallest absolute Gasteiger partial charge is 0.227 e. The highest BCUT2D eigenvalue weighted by Gasteiger charge is 2.33. The Hall–Kier alpha value is -1.55. The van der Waals surface area contributed by atoms with E-state index in [0.29, 0.717) is 5.92 Å².